The highest BCUT2D eigenvalue weighted by Gasteiger charge is 2.32. The lowest BCUT2D eigenvalue weighted by Gasteiger charge is -2.33. The van der Waals surface area contributed by atoms with Gasteiger partial charge in [-0.1, -0.05) is 32.9 Å². The maximum Gasteiger partial charge on any atom is 0.260 e. The number of methoxy groups -OCH3 is 1. The number of ether oxygens (including phenoxy) is 1. The fourth-order valence-corrected chi connectivity index (χ4v) is 5.08. The Kier molecular flexibility index (Phi) is 5.30. The van der Waals surface area contributed by atoms with Crippen molar-refractivity contribution in [3.8, 4) is 11.8 Å². The number of amides is 1. The van der Waals surface area contributed by atoms with E-state index >= 15 is 0 Å². The fraction of sp³-hybridized carbons (Fsp3) is 0.455. The van der Waals surface area contributed by atoms with Crippen molar-refractivity contribution >= 4 is 22.2 Å². The molecule has 0 radical (unpaired) electrons. The summed E-state index contributed by atoms with van der Waals surface area (Å²) < 4.78 is 5.40. The summed E-state index contributed by atoms with van der Waals surface area (Å²) in [5.74, 6) is 0.927. The highest BCUT2D eigenvalue weighted by atomic mass is 32.1. The van der Waals surface area contributed by atoms with E-state index in [9.17, 15) is 10.1 Å². The third-order valence-electron chi connectivity index (χ3n) is 5.49. The first-order valence-electron chi connectivity index (χ1n) is 9.25. The van der Waals surface area contributed by atoms with E-state index in [1.807, 2.05) is 19.1 Å². The molecule has 1 atom stereocenters. The molecule has 2 aromatic rings. The molecule has 27 heavy (non-hydrogen) atoms. The molecule has 0 spiro atoms. The second-order valence-corrected chi connectivity index (χ2v) is 9.34. The maximum absolute atomic E-state index is 12.9. The smallest absolute Gasteiger partial charge is 0.260 e. The molecule has 1 amide bonds. The zero-order valence-electron chi connectivity index (χ0n) is 16.6. The lowest BCUT2D eigenvalue weighted by atomic mass is 9.72. The van der Waals surface area contributed by atoms with Crippen molar-refractivity contribution in [1.82, 2.24) is 0 Å². The third-order valence-corrected chi connectivity index (χ3v) is 6.66. The largest absolute Gasteiger partial charge is 0.496 e. The second-order valence-electron chi connectivity index (χ2n) is 8.24. The molecule has 1 aliphatic rings. The number of benzene rings is 1. The number of hydrogen-bond donors (Lipinski definition) is 1. The highest BCUT2D eigenvalue weighted by molar-refractivity contribution is 7.16. The molecule has 4 nitrogen and oxygen atoms in total. The SMILES string of the molecule is COc1c(C)cccc1C(=O)Nc1sc2c(c1C#N)CC[C@@H](C(C)(C)C)C2. The van der Waals surface area contributed by atoms with Gasteiger partial charge in [0.25, 0.3) is 5.91 Å². The number of rotatable bonds is 3. The molecule has 3 rings (SSSR count). The van der Waals surface area contributed by atoms with E-state index in [-0.39, 0.29) is 11.3 Å². The molecule has 1 heterocycles. The van der Waals surface area contributed by atoms with Crippen molar-refractivity contribution in [3.63, 3.8) is 0 Å². The summed E-state index contributed by atoms with van der Waals surface area (Å²) >= 11 is 1.55. The van der Waals surface area contributed by atoms with Crippen LogP contribution in [0, 0.1) is 29.6 Å². The number of fused-ring (bicyclic) bond motifs is 1. The Morgan fingerprint density at radius 3 is 2.74 bits per heavy atom. The molecule has 0 unspecified atom stereocenters. The van der Waals surface area contributed by atoms with Crippen LogP contribution in [0.5, 0.6) is 5.75 Å². The number of hydrogen-bond acceptors (Lipinski definition) is 4. The predicted molar refractivity (Wildman–Crippen MR) is 110 cm³/mol. The molecular weight excluding hydrogens is 356 g/mol. The van der Waals surface area contributed by atoms with Crippen molar-refractivity contribution in [2.45, 2.75) is 47.0 Å². The summed E-state index contributed by atoms with van der Waals surface area (Å²) in [4.78, 5) is 14.1. The Bertz CT molecular complexity index is 916. The van der Waals surface area contributed by atoms with E-state index < -0.39 is 0 Å². The lowest BCUT2D eigenvalue weighted by molar-refractivity contribution is 0.102. The van der Waals surface area contributed by atoms with Crippen LogP contribution >= 0.6 is 11.3 Å². The van der Waals surface area contributed by atoms with Gasteiger partial charge in [-0.25, -0.2) is 0 Å². The van der Waals surface area contributed by atoms with E-state index in [0.29, 0.717) is 27.8 Å². The maximum atomic E-state index is 12.9. The normalized spacial score (nSPS) is 16.4. The third kappa shape index (κ3) is 3.72. The number of anilines is 1. The van der Waals surface area contributed by atoms with Crippen LogP contribution in [0.2, 0.25) is 0 Å². The van der Waals surface area contributed by atoms with Crippen LogP contribution in [-0.2, 0) is 12.8 Å². The Morgan fingerprint density at radius 1 is 1.37 bits per heavy atom. The molecule has 1 N–H and O–H groups in total. The van der Waals surface area contributed by atoms with Crippen LogP contribution in [0.25, 0.3) is 0 Å². The van der Waals surface area contributed by atoms with Gasteiger partial charge in [0.1, 0.15) is 16.8 Å². The summed E-state index contributed by atoms with van der Waals surface area (Å²) in [7, 11) is 1.57. The van der Waals surface area contributed by atoms with E-state index in [2.05, 4.69) is 32.2 Å². The van der Waals surface area contributed by atoms with Crippen LogP contribution < -0.4 is 10.1 Å². The minimum atomic E-state index is -0.238. The highest BCUT2D eigenvalue weighted by Crippen LogP contribution is 2.44. The molecule has 0 bridgehead atoms. The number of carbonyl (C=O) groups excluding carboxylic acids is 1. The van der Waals surface area contributed by atoms with Gasteiger partial charge in [0.15, 0.2) is 0 Å². The zero-order chi connectivity index (χ0) is 19.8. The summed E-state index contributed by atoms with van der Waals surface area (Å²) in [5.41, 5.74) is 3.38. The summed E-state index contributed by atoms with van der Waals surface area (Å²) in [6.45, 7) is 8.73. The zero-order valence-corrected chi connectivity index (χ0v) is 17.4. The Hall–Kier alpha value is -2.32. The van der Waals surface area contributed by atoms with Crippen LogP contribution in [0.1, 0.15) is 59.1 Å². The summed E-state index contributed by atoms with van der Waals surface area (Å²) in [5, 5.41) is 13.3. The van der Waals surface area contributed by atoms with Crippen LogP contribution in [0.15, 0.2) is 18.2 Å². The monoisotopic (exact) mass is 382 g/mol. The summed E-state index contributed by atoms with van der Waals surface area (Å²) in [6.07, 6.45) is 2.96. The molecule has 1 aromatic heterocycles. The van der Waals surface area contributed by atoms with E-state index in [1.54, 1.807) is 24.5 Å². The number of aryl methyl sites for hydroxylation is 1. The number of nitriles is 1. The first kappa shape index (κ1) is 19.4. The van der Waals surface area contributed by atoms with Gasteiger partial charge in [-0.05, 0) is 54.7 Å². The van der Waals surface area contributed by atoms with E-state index in [1.165, 1.54) is 4.88 Å². The molecule has 1 aliphatic carbocycles. The number of thiophene rings is 1. The molecule has 142 valence electrons. The van der Waals surface area contributed by atoms with Gasteiger partial charge in [-0.2, -0.15) is 5.26 Å². The van der Waals surface area contributed by atoms with Crippen molar-refractivity contribution < 1.29 is 9.53 Å². The molecule has 5 heteroatoms. The first-order valence-corrected chi connectivity index (χ1v) is 10.1. The van der Waals surface area contributed by atoms with Crippen molar-refractivity contribution in [2.75, 3.05) is 12.4 Å². The second kappa shape index (κ2) is 7.36. The Morgan fingerprint density at radius 2 is 2.11 bits per heavy atom. The van der Waals surface area contributed by atoms with E-state index in [4.69, 9.17) is 4.74 Å². The van der Waals surface area contributed by atoms with Gasteiger partial charge in [-0.3, -0.25) is 4.79 Å². The Balaban J connectivity index is 1.91. The average Bonchev–Trinajstić information content (AvgIpc) is 2.96. The quantitative estimate of drug-likeness (QED) is 0.779. The van der Waals surface area contributed by atoms with Crippen molar-refractivity contribution in [2.24, 2.45) is 11.3 Å². The van der Waals surface area contributed by atoms with Gasteiger partial charge < -0.3 is 10.1 Å². The number of para-hydroxylation sites is 1. The molecule has 1 aromatic carbocycles. The van der Waals surface area contributed by atoms with Crippen LogP contribution in [0.3, 0.4) is 0 Å². The standard InChI is InChI=1S/C22H26N2O2S/c1-13-7-6-8-16(19(13)26-5)20(25)24-21-17(12-23)15-10-9-14(22(2,3)4)11-18(15)27-21/h6-8,14H,9-11H2,1-5H3,(H,24,25)/t14-/m1/s1. The van der Waals surface area contributed by atoms with Crippen molar-refractivity contribution in [1.29, 1.82) is 5.26 Å². The molecule has 0 saturated heterocycles. The number of nitrogens with one attached hydrogen (secondary N) is 1. The Labute approximate surface area is 165 Å². The lowest BCUT2D eigenvalue weighted by Crippen LogP contribution is -2.26. The molecular formula is C22H26N2O2S. The molecule has 0 fully saturated rings. The predicted octanol–water partition coefficient (Wildman–Crippen LogP) is 5.34. The average molecular weight is 383 g/mol. The first-order chi connectivity index (χ1) is 12.8. The van der Waals surface area contributed by atoms with Gasteiger partial charge >= 0.3 is 0 Å². The van der Waals surface area contributed by atoms with Gasteiger partial charge in [-0.15, -0.1) is 11.3 Å². The number of carbonyl (C=O) groups is 1. The van der Waals surface area contributed by atoms with Gasteiger partial charge in [0.2, 0.25) is 0 Å². The molecule has 0 saturated carbocycles. The van der Waals surface area contributed by atoms with Crippen molar-refractivity contribution in [3.05, 3.63) is 45.3 Å². The van der Waals surface area contributed by atoms with Crippen LogP contribution in [0.4, 0.5) is 5.00 Å². The van der Waals surface area contributed by atoms with Gasteiger partial charge in [0, 0.05) is 4.88 Å². The van der Waals surface area contributed by atoms with Crippen LogP contribution in [-0.4, -0.2) is 13.0 Å². The van der Waals surface area contributed by atoms with E-state index in [0.717, 1.165) is 30.4 Å². The summed E-state index contributed by atoms with van der Waals surface area (Å²) in [6, 6.07) is 7.81. The fourth-order valence-electron chi connectivity index (χ4n) is 3.80. The minimum Gasteiger partial charge on any atom is -0.496 e. The minimum absolute atomic E-state index is 0.238. The molecule has 0 aliphatic heterocycles. The number of nitrogens with zero attached hydrogens (tertiary/aromatic N) is 1. The topological polar surface area (TPSA) is 62.1 Å². The van der Waals surface area contributed by atoms with Gasteiger partial charge in [0.05, 0.1) is 18.2 Å².